The maximum Gasteiger partial charge on any atom is 0.303 e. The topological polar surface area (TPSA) is 57.5 Å². The molecule has 0 radical (unpaired) electrons. The number of halogens is 1. The molecule has 1 rings (SSSR count). The molecular formula is C13H17FO3. The van der Waals surface area contributed by atoms with E-state index in [9.17, 15) is 14.3 Å². The smallest absolute Gasteiger partial charge is 0.303 e. The van der Waals surface area contributed by atoms with Crippen LogP contribution in [0.25, 0.3) is 0 Å². The van der Waals surface area contributed by atoms with E-state index in [1.807, 2.05) is 6.92 Å². The highest BCUT2D eigenvalue weighted by Crippen LogP contribution is 2.25. The van der Waals surface area contributed by atoms with Crippen molar-refractivity contribution in [1.82, 2.24) is 0 Å². The van der Waals surface area contributed by atoms with Gasteiger partial charge in [0.25, 0.3) is 0 Å². The van der Waals surface area contributed by atoms with Crippen LogP contribution < -0.4 is 0 Å². The maximum absolute atomic E-state index is 13.7. The summed E-state index contributed by atoms with van der Waals surface area (Å²) < 4.78 is 13.7. The van der Waals surface area contributed by atoms with Gasteiger partial charge in [0.1, 0.15) is 0 Å². The summed E-state index contributed by atoms with van der Waals surface area (Å²) in [6, 6.07) is 2.88. The molecule has 3 nitrogen and oxygen atoms in total. The van der Waals surface area contributed by atoms with Crippen LogP contribution in [0.5, 0.6) is 5.75 Å². The van der Waals surface area contributed by atoms with Crippen LogP contribution in [0.3, 0.4) is 0 Å². The quantitative estimate of drug-likeness (QED) is 0.803. The number of phenols is 1. The zero-order valence-corrected chi connectivity index (χ0v) is 9.87. The summed E-state index contributed by atoms with van der Waals surface area (Å²) in [6.07, 6.45) is 2.55. The zero-order chi connectivity index (χ0) is 12.8. The molecule has 0 spiro atoms. The summed E-state index contributed by atoms with van der Waals surface area (Å²) in [6.45, 7) is 2.00. The fourth-order valence-corrected chi connectivity index (χ4v) is 1.75. The average molecular weight is 240 g/mol. The van der Waals surface area contributed by atoms with E-state index in [1.54, 1.807) is 6.07 Å². The molecule has 0 aliphatic heterocycles. The molecule has 0 saturated heterocycles. The Bertz CT molecular complexity index is 402. The number of aryl methyl sites for hydroxylation is 1. The van der Waals surface area contributed by atoms with Crippen molar-refractivity contribution in [2.24, 2.45) is 0 Å². The number of aliphatic carboxylic acids is 1. The summed E-state index contributed by atoms with van der Waals surface area (Å²) in [4.78, 5) is 10.5. The van der Waals surface area contributed by atoms with Crippen LogP contribution >= 0.6 is 0 Å². The van der Waals surface area contributed by atoms with Crippen molar-refractivity contribution in [1.29, 1.82) is 0 Å². The molecule has 1 aromatic rings. The van der Waals surface area contributed by atoms with Crippen LogP contribution in [0.1, 0.15) is 37.3 Å². The lowest BCUT2D eigenvalue weighted by Crippen LogP contribution is -2.03. The number of aromatic hydroxyl groups is 1. The Kier molecular flexibility index (Phi) is 4.94. The monoisotopic (exact) mass is 240 g/mol. The molecule has 0 atom stereocenters. The molecule has 0 saturated carbocycles. The minimum absolute atomic E-state index is 0.0245. The molecule has 0 amide bonds. The van der Waals surface area contributed by atoms with Gasteiger partial charge in [0.2, 0.25) is 0 Å². The van der Waals surface area contributed by atoms with E-state index in [0.717, 1.165) is 12.8 Å². The van der Waals surface area contributed by atoms with Crippen molar-refractivity contribution >= 4 is 5.97 Å². The van der Waals surface area contributed by atoms with Gasteiger partial charge in [0.05, 0.1) is 0 Å². The summed E-state index contributed by atoms with van der Waals surface area (Å²) in [5.74, 6) is -1.88. The van der Waals surface area contributed by atoms with Gasteiger partial charge < -0.3 is 10.2 Å². The van der Waals surface area contributed by atoms with Crippen molar-refractivity contribution in [3.63, 3.8) is 0 Å². The van der Waals surface area contributed by atoms with Crippen LogP contribution in [-0.2, 0) is 17.6 Å². The van der Waals surface area contributed by atoms with E-state index in [1.165, 1.54) is 6.07 Å². The van der Waals surface area contributed by atoms with Gasteiger partial charge in [-0.3, -0.25) is 4.79 Å². The van der Waals surface area contributed by atoms with Crippen LogP contribution in [-0.4, -0.2) is 16.2 Å². The van der Waals surface area contributed by atoms with E-state index in [2.05, 4.69) is 0 Å². The largest absolute Gasteiger partial charge is 0.505 e. The molecule has 0 unspecified atom stereocenters. The molecule has 0 bridgehead atoms. The highest BCUT2D eigenvalue weighted by Gasteiger charge is 2.13. The number of carbonyl (C=O) groups is 1. The Hall–Kier alpha value is -1.58. The van der Waals surface area contributed by atoms with Gasteiger partial charge in [0, 0.05) is 6.42 Å². The van der Waals surface area contributed by atoms with Gasteiger partial charge in [0.15, 0.2) is 11.6 Å². The summed E-state index contributed by atoms with van der Waals surface area (Å²) >= 11 is 0. The van der Waals surface area contributed by atoms with Gasteiger partial charge in [-0.25, -0.2) is 4.39 Å². The third kappa shape index (κ3) is 3.73. The molecule has 0 aromatic heterocycles. The standard InChI is InChI=1S/C13H17FO3/c1-2-3-4-10-9(6-8-12(16)17)5-7-11(15)13(10)14/h5,7,15H,2-4,6,8H2,1H3,(H,16,17). The number of unbranched alkanes of at least 4 members (excludes halogenated alkanes) is 1. The first-order valence-corrected chi connectivity index (χ1v) is 5.77. The lowest BCUT2D eigenvalue weighted by Gasteiger charge is -2.10. The third-order valence-electron chi connectivity index (χ3n) is 2.71. The van der Waals surface area contributed by atoms with Gasteiger partial charge in [-0.15, -0.1) is 0 Å². The highest BCUT2D eigenvalue weighted by molar-refractivity contribution is 5.67. The number of hydrogen-bond donors (Lipinski definition) is 2. The molecular weight excluding hydrogens is 223 g/mol. The van der Waals surface area contributed by atoms with Crippen LogP contribution in [0, 0.1) is 5.82 Å². The number of carboxylic acid groups (broad SMARTS) is 1. The summed E-state index contributed by atoms with van der Waals surface area (Å²) in [5.41, 5.74) is 1.13. The highest BCUT2D eigenvalue weighted by atomic mass is 19.1. The number of rotatable bonds is 6. The average Bonchev–Trinajstić information content (AvgIpc) is 2.29. The van der Waals surface area contributed by atoms with Crippen LogP contribution in [0.15, 0.2) is 12.1 Å². The maximum atomic E-state index is 13.7. The van der Waals surface area contributed by atoms with E-state index >= 15 is 0 Å². The molecule has 0 aliphatic rings. The van der Waals surface area contributed by atoms with E-state index in [0.29, 0.717) is 24.0 Å². The molecule has 4 heteroatoms. The fraction of sp³-hybridized carbons (Fsp3) is 0.462. The molecule has 17 heavy (non-hydrogen) atoms. The normalized spacial score (nSPS) is 10.5. The van der Waals surface area contributed by atoms with Crippen molar-refractivity contribution in [2.75, 3.05) is 0 Å². The van der Waals surface area contributed by atoms with Crippen molar-refractivity contribution in [2.45, 2.75) is 39.0 Å². The Balaban J connectivity index is 2.93. The molecule has 0 fully saturated rings. The number of hydrogen-bond acceptors (Lipinski definition) is 2. The molecule has 1 aromatic carbocycles. The fourth-order valence-electron chi connectivity index (χ4n) is 1.75. The Labute approximate surface area is 99.9 Å². The first-order chi connectivity index (χ1) is 8.06. The van der Waals surface area contributed by atoms with E-state index in [-0.39, 0.29) is 12.2 Å². The van der Waals surface area contributed by atoms with Gasteiger partial charge in [-0.1, -0.05) is 19.4 Å². The number of phenolic OH excluding ortho intramolecular Hbond substituents is 1. The number of benzene rings is 1. The Morgan fingerprint density at radius 3 is 2.65 bits per heavy atom. The predicted molar refractivity (Wildman–Crippen MR) is 62.6 cm³/mol. The summed E-state index contributed by atoms with van der Waals surface area (Å²) in [7, 11) is 0. The van der Waals surface area contributed by atoms with Gasteiger partial charge >= 0.3 is 5.97 Å². The SMILES string of the molecule is CCCCc1c(CCC(=O)O)ccc(O)c1F. The van der Waals surface area contributed by atoms with Crippen molar-refractivity contribution in [3.8, 4) is 5.75 Å². The van der Waals surface area contributed by atoms with Crippen LogP contribution in [0.4, 0.5) is 4.39 Å². The second-order valence-electron chi connectivity index (χ2n) is 4.03. The lowest BCUT2D eigenvalue weighted by atomic mass is 9.97. The Morgan fingerprint density at radius 1 is 1.35 bits per heavy atom. The van der Waals surface area contributed by atoms with Crippen molar-refractivity contribution < 1.29 is 19.4 Å². The molecule has 2 N–H and O–H groups in total. The molecule has 94 valence electrons. The molecule has 0 heterocycles. The minimum Gasteiger partial charge on any atom is -0.505 e. The van der Waals surface area contributed by atoms with Crippen molar-refractivity contribution in [3.05, 3.63) is 29.1 Å². The lowest BCUT2D eigenvalue weighted by molar-refractivity contribution is -0.136. The van der Waals surface area contributed by atoms with E-state index < -0.39 is 11.8 Å². The zero-order valence-electron chi connectivity index (χ0n) is 9.87. The second-order valence-corrected chi connectivity index (χ2v) is 4.03. The van der Waals surface area contributed by atoms with Gasteiger partial charge in [-0.05, 0) is 36.5 Å². The molecule has 0 aliphatic carbocycles. The second kappa shape index (κ2) is 6.23. The Morgan fingerprint density at radius 2 is 2.06 bits per heavy atom. The first kappa shape index (κ1) is 13.5. The van der Waals surface area contributed by atoms with E-state index in [4.69, 9.17) is 5.11 Å². The summed E-state index contributed by atoms with van der Waals surface area (Å²) in [5, 5.41) is 17.9. The third-order valence-corrected chi connectivity index (χ3v) is 2.71. The van der Waals surface area contributed by atoms with Crippen LogP contribution in [0.2, 0.25) is 0 Å². The predicted octanol–water partition coefficient (Wildman–Crippen LogP) is 2.89. The number of carboxylic acids is 1. The first-order valence-electron chi connectivity index (χ1n) is 5.77. The minimum atomic E-state index is -0.903. The van der Waals surface area contributed by atoms with Gasteiger partial charge in [-0.2, -0.15) is 0 Å².